The molecule has 0 aliphatic carbocycles. The Bertz CT molecular complexity index is 1880. The molecule has 2 saturated heterocycles. The summed E-state index contributed by atoms with van der Waals surface area (Å²) < 4.78 is 5.17. The molecule has 7 amide bonds. The highest BCUT2D eigenvalue weighted by molar-refractivity contribution is 5.97. The molecule has 3 aromatic rings. The molecule has 2 fully saturated rings. The number of methoxy groups -OCH3 is 1. The van der Waals surface area contributed by atoms with Crippen LogP contribution in [0.3, 0.4) is 0 Å². The van der Waals surface area contributed by atoms with Gasteiger partial charge in [0.1, 0.15) is 36.0 Å². The molecule has 1 aromatic heterocycles. The van der Waals surface area contributed by atoms with Crippen molar-refractivity contribution >= 4 is 52.3 Å². The molecule has 2 unspecified atom stereocenters. The predicted octanol–water partition coefficient (Wildman–Crippen LogP) is -1.08. The van der Waals surface area contributed by atoms with Crippen LogP contribution in [0.15, 0.2) is 54.7 Å². The van der Waals surface area contributed by atoms with Crippen LogP contribution in [0.25, 0.3) is 10.9 Å². The number of aliphatic hydroxyl groups is 1. The summed E-state index contributed by atoms with van der Waals surface area (Å²) in [5.74, 6) is -4.96. The van der Waals surface area contributed by atoms with Crippen LogP contribution in [-0.4, -0.2) is 114 Å². The lowest BCUT2D eigenvalue weighted by molar-refractivity contribution is -0.141. The van der Waals surface area contributed by atoms with Gasteiger partial charge in [0.2, 0.25) is 41.4 Å². The minimum atomic E-state index is -1.63. The minimum Gasteiger partial charge on any atom is -0.497 e. The van der Waals surface area contributed by atoms with E-state index in [-0.39, 0.29) is 18.5 Å². The standard InChI is InChI=1S/C37H46N8O9/c1-20(2)31-35(51)40-19-30(48)44-32(33(49)21-10-12-23(54-3)13-11-21)36(52)41-17-28(46)42-26(15-22-16-38-25-8-5-4-7-24(22)25)37(53)45-14-6-9-27(45)34(50)39-18-29(47)43-31/h4-5,7-8,10-13,16,20,26-27,31-33,38,49H,6,9,14-15,17-19H2,1-3H3,(H,39,50)(H,40,51)(H,41,52)(H,42,46)(H,43,47)(H,44,48)/t26-,27+,31+,32?,33?/m1/s1. The molecule has 2 aromatic carbocycles. The molecule has 0 radical (unpaired) electrons. The number of carbonyl (C=O) groups is 7. The molecule has 0 spiro atoms. The molecule has 288 valence electrons. The number of rotatable bonds is 6. The van der Waals surface area contributed by atoms with Crippen LogP contribution in [0.5, 0.6) is 5.75 Å². The lowest BCUT2D eigenvalue weighted by Gasteiger charge is -2.29. The van der Waals surface area contributed by atoms with Crippen molar-refractivity contribution in [3.8, 4) is 5.75 Å². The number of hydrogen-bond acceptors (Lipinski definition) is 9. The molecule has 17 nitrogen and oxygen atoms in total. The second-order valence-electron chi connectivity index (χ2n) is 13.6. The van der Waals surface area contributed by atoms with Crippen LogP contribution in [0.1, 0.15) is 43.9 Å². The number of fused-ring (bicyclic) bond motifs is 2. The first-order valence-corrected chi connectivity index (χ1v) is 17.7. The first-order valence-electron chi connectivity index (χ1n) is 17.7. The van der Waals surface area contributed by atoms with E-state index in [4.69, 9.17) is 4.74 Å². The summed E-state index contributed by atoms with van der Waals surface area (Å²) in [6.45, 7) is 1.84. The topological polar surface area (TPSA) is 240 Å². The van der Waals surface area contributed by atoms with Crippen LogP contribution in [0, 0.1) is 5.92 Å². The van der Waals surface area contributed by atoms with E-state index < -0.39 is 97.2 Å². The SMILES string of the molecule is COc1ccc(C(O)C2NC(=O)CNC(=O)[C@H](C(C)C)NC(=O)CNC(=O)[C@@H]3CCCN3C(=O)[C@@H](Cc3c[nH]c4ccccc34)NC(=O)CNC2=O)cc1. The van der Waals surface area contributed by atoms with E-state index in [9.17, 15) is 38.7 Å². The molecular weight excluding hydrogens is 700 g/mol. The molecule has 3 heterocycles. The van der Waals surface area contributed by atoms with Gasteiger partial charge in [0, 0.05) is 30.1 Å². The molecular formula is C37H46N8O9. The van der Waals surface area contributed by atoms with Gasteiger partial charge in [-0.15, -0.1) is 0 Å². The van der Waals surface area contributed by atoms with E-state index in [1.165, 1.54) is 24.1 Å². The van der Waals surface area contributed by atoms with Crippen LogP contribution >= 0.6 is 0 Å². The van der Waals surface area contributed by atoms with Gasteiger partial charge in [0.05, 0.1) is 26.7 Å². The first kappa shape index (κ1) is 39.2. The average Bonchev–Trinajstić information content (AvgIpc) is 3.83. The predicted molar refractivity (Wildman–Crippen MR) is 194 cm³/mol. The van der Waals surface area contributed by atoms with Crippen LogP contribution in [0.4, 0.5) is 0 Å². The van der Waals surface area contributed by atoms with Gasteiger partial charge in [-0.05, 0) is 48.1 Å². The molecule has 8 N–H and O–H groups in total. The van der Waals surface area contributed by atoms with E-state index in [2.05, 4.69) is 36.9 Å². The zero-order chi connectivity index (χ0) is 38.9. The van der Waals surface area contributed by atoms with Crippen molar-refractivity contribution in [2.45, 2.75) is 63.4 Å². The van der Waals surface area contributed by atoms with Crippen molar-refractivity contribution in [1.82, 2.24) is 41.8 Å². The summed E-state index contributed by atoms with van der Waals surface area (Å²) in [6.07, 6.45) is 0.993. The minimum absolute atomic E-state index is 0.0439. The van der Waals surface area contributed by atoms with Crippen molar-refractivity contribution in [2.24, 2.45) is 5.92 Å². The Hall–Kier alpha value is -5.97. The highest BCUT2D eigenvalue weighted by atomic mass is 16.5. The summed E-state index contributed by atoms with van der Waals surface area (Å²) in [7, 11) is 1.46. The second kappa shape index (κ2) is 17.7. The highest BCUT2D eigenvalue weighted by Gasteiger charge is 2.39. The average molecular weight is 747 g/mol. The van der Waals surface area contributed by atoms with Gasteiger partial charge in [-0.2, -0.15) is 0 Å². The lowest BCUT2D eigenvalue weighted by atomic mass is 10.0. The van der Waals surface area contributed by atoms with Gasteiger partial charge >= 0.3 is 0 Å². The van der Waals surface area contributed by atoms with E-state index in [0.717, 1.165) is 16.5 Å². The molecule has 2 aliphatic heterocycles. The van der Waals surface area contributed by atoms with Gasteiger partial charge in [-0.1, -0.05) is 44.2 Å². The fraction of sp³-hybridized carbons (Fsp3) is 0.432. The van der Waals surface area contributed by atoms with Crippen molar-refractivity contribution in [3.05, 3.63) is 65.9 Å². The Kier molecular flexibility index (Phi) is 12.9. The fourth-order valence-corrected chi connectivity index (χ4v) is 6.57. The summed E-state index contributed by atoms with van der Waals surface area (Å²) in [5, 5.41) is 27.2. The lowest BCUT2D eigenvalue weighted by Crippen LogP contribution is -2.56. The maximum Gasteiger partial charge on any atom is 0.246 e. The number of aliphatic hydroxyl groups excluding tert-OH is 1. The smallest absolute Gasteiger partial charge is 0.246 e. The Morgan fingerprint density at radius 1 is 0.778 bits per heavy atom. The molecule has 17 heteroatoms. The summed E-state index contributed by atoms with van der Waals surface area (Å²) in [6, 6.07) is 8.73. The molecule has 5 rings (SSSR count). The third kappa shape index (κ3) is 9.52. The number of para-hydroxylation sites is 1. The van der Waals surface area contributed by atoms with E-state index >= 15 is 0 Å². The molecule has 0 bridgehead atoms. The number of aromatic nitrogens is 1. The van der Waals surface area contributed by atoms with Gasteiger partial charge in [0.25, 0.3) is 0 Å². The van der Waals surface area contributed by atoms with E-state index in [1.54, 1.807) is 32.2 Å². The van der Waals surface area contributed by atoms with Crippen molar-refractivity contribution in [2.75, 3.05) is 33.3 Å². The van der Waals surface area contributed by atoms with Gasteiger partial charge in [-0.25, -0.2) is 0 Å². The summed E-state index contributed by atoms with van der Waals surface area (Å²) in [4.78, 5) is 98.2. The maximum absolute atomic E-state index is 14.2. The number of nitrogens with zero attached hydrogens (tertiary/aromatic N) is 1. The monoisotopic (exact) mass is 746 g/mol. The highest BCUT2D eigenvalue weighted by Crippen LogP contribution is 2.24. The zero-order valence-electron chi connectivity index (χ0n) is 30.3. The number of amides is 7. The van der Waals surface area contributed by atoms with Gasteiger partial charge < -0.3 is 51.6 Å². The summed E-state index contributed by atoms with van der Waals surface area (Å²) in [5.41, 5.74) is 1.78. The first-order chi connectivity index (χ1) is 25.9. The number of ether oxygens (including phenoxy) is 1. The van der Waals surface area contributed by atoms with Crippen LogP contribution in [-0.2, 0) is 40.0 Å². The Morgan fingerprint density at radius 2 is 1.37 bits per heavy atom. The Labute approximate surface area is 311 Å². The third-order valence-electron chi connectivity index (χ3n) is 9.48. The van der Waals surface area contributed by atoms with Crippen molar-refractivity contribution in [3.63, 3.8) is 0 Å². The molecule has 2 aliphatic rings. The van der Waals surface area contributed by atoms with Crippen molar-refractivity contribution in [1.29, 1.82) is 0 Å². The molecule has 0 saturated carbocycles. The maximum atomic E-state index is 14.2. The Balaban J connectivity index is 1.44. The Morgan fingerprint density at radius 3 is 2.02 bits per heavy atom. The normalized spacial score (nSPS) is 23.3. The zero-order valence-corrected chi connectivity index (χ0v) is 30.3. The second-order valence-corrected chi connectivity index (χ2v) is 13.6. The van der Waals surface area contributed by atoms with Crippen LogP contribution in [0.2, 0.25) is 0 Å². The number of benzene rings is 2. The number of H-pyrrole nitrogens is 1. The fourth-order valence-electron chi connectivity index (χ4n) is 6.57. The molecule has 54 heavy (non-hydrogen) atoms. The molecule has 5 atom stereocenters. The van der Waals surface area contributed by atoms with Crippen LogP contribution < -0.4 is 36.6 Å². The number of aromatic amines is 1. The van der Waals surface area contributed by atoms with Gasteiger partial charge in [0.15, 0.2) is 0 Å². The van der Waals surface area contributed by atoms with Crippen molar-refractivity contribution < 1.29 is 43.4 Å². The number of carbonyl (C=O) groups excluding carboxylic acids is 7. The van der Waals surface area contributed by atoms with E-state index in [1.807, 2.05) is 24.3 Å². The van der Waals surface area contributed by atoms with Gasteiger partial charge in [-0.3, -0.25) is 33.6 Å². The van der Waals surface area contributed by atoms with E-state index in [0.29, 0.717) is 18.6 Å². The number of hydrogen-bond donors (Lipinski definition) is 8. The largest absolute Gasteiger partial charge is 0.497 e. The third-order valence-corrected chi connectivity index (χ3v) is 9.48. The quantitative estimate of drug-likeness (QED) is 0.153. The number of nitrogens with one attached hydrogen (secondary N) is 7. The summed E-state index contributed by atoms with van der Waals surface area (Å²) >= 11 is 0.